The Morgan fingerprint density at radius 2 is 1.21 bits per heavy atom. The molecule has 1 atom stereocenters. The molecule has 0 nitrogen and oxygen atoms in total. The fourth-order valence-corrected chi connectivity index (χ4v) is 3.12. The van der Waals surface area contributed by atoms with Crippen molar-refractivity contribution in [2.75, 3.05) is 0 Å². The molecule has 4 rings (SSSR count). The van der Waals surface area contributed by atoms with Crippen LogP contribution in [0, 0.1) is 6.08 Å². The predicted molar refractivity (Wildman–Crippen MR) is 118 cm³/mol. The van der Waals surface area contributed by atoms with Crippen molar-refractivity contribution in [1.82, 2.24) is 0 Å². The number of hydrogen-bond acceptors (Lipinski definition) is 0. The third kappa shape index (κ3) is 11.5. The molecule has 0 saturated heterocycles. The molecule has 0 amide bonds. The number of halogens is 2. The molecule has 0 radical (unpaired) electrons. The number of allylic oxidation sites excluding steroid dienone is 4. The maximum atomic E-state index is 2.99. The molecule has 0 bridgehead atoms. The van der Waals surface area contributed by atoms with Gasteiger partial charge < -0.3 is 24.8 Å². The van der Waals surface area contributed by atoms with Crippen molar-refractivity contribution >= 4 is 13.1 Å². The summed E-state index contributed by atoms with van der Waals surface area (Å²) in [5.74, 6) is 0. The van der Waals surface area contributed by atoms with Gasteiger partial charge in [-0.05, 0) is 11.7 Å². The monoisotopic (exact) mass is 473 g/mol. The van der Waals surface area contributed by atoms with Gasteiger partial charge in [-0.3, -0.25) is 6.08 Å². The molecular formula is C25H24Cl2PTi-. The molecule has 0 N–H and O–H groups in total. The molecule has 148 valence electrons. The molecule has 0 spiro atoms. The zero-order chi connectivity index (χ0) is 19.2. The Balaban J connectivity index is 0.000000445. The fraction of sp³-hybridized carbons (Fsp3) is 0.0800. The van der Waals surface area contributed by atoms with Crippen LogP contribution < -0.4 is 24.8 Å². The molecule has 4 heteroatoms. The molecule has 1 aliphatic rings. The fourth-order valence-electron chi connectivity index (χ4n) is 2.33. The van der Waals surface area contributed by atoms with Crippen LogP contribution in [-0.4, -0.2) is 3.81 Å². The van der Waals surface area contributed by atoms with Gasteiger partial charge >= 0.3 is 95.6 Å². The van der Waals surface area contributed by atoms with Gasteiger partial charge in [-0.15, -0.1) is 15.7 Å². The van der Waals surface area contributed by atoms with Crippen LogP contribution in [0.2, 0.25) is 0 Å². The van der Waals surface area contributed by atoms with E-state index < -0.39 is 0 Å². The van der Waals surface area contributed by atoms with Crippen LogP contribution in [0.25, 0.3) is 0 Å². The zero-order valence-electron chi connectivity index (χ0n) is 16.1. The summed E-state index contributed by atoms with van der Waals surface area (Å²) < 4.78 is 1.33. The maximum absolute atomic E-state index is 2.99. The summed E-state index contributed by atoms with van der Waals surface area (Å²) in [6.45, 7) is 0. The topological polar surface area (TPSA) is 0 Å². The van der Waals surface area contributed by atoms with Gasteiger partial charge in [0, 0.05) is 0 Å². The second-order valence-corrected chi connectivity index (χ2v) is 6.99. The average Bonchev–Trinajstić information content (AvgIpc) is 3.36. The Morgan fingerprint density at radius 1 is 0.759 bits per heavy atom. The SMILES string of the molecule is PCc1ccccc1.[C-]1=CC=CC1.[Cl-].[Cl-].[Ti+2]=[C](c1ccccc1)c1ccccc1. The van der Waals surface area contributed by atoms with Gasteiger partial charge in [0.25, 0.3) is 0 Å². The third-order valence-electron chi connectivity index (χ3n) is 3.79. The van der Waals surface area contributed by atoms with E-state index in [9.17, 15) is 0 Å². The Bertz CT molecular complexity index is 796. The van der Waals surface area contributed by atoms with Crippen molar-refractivity contribution in [1.29, 1.82) is 0 Å². The third-order valence-corrected chi connectivity index (χ3v) is 5.16. The molecule has 0 fully saturated rings. The molecule has 0 heterocycles. The van der Waals surface area contributed by atoms with Crippen LogP contribution >= 0.6 is 9.24 Å². The van der Waals surface area contributed by atoms with Crippen molar-refractivity contribution in [2.45, 2.75) is 12.6 Å². The summed E-state index contributed by atoms with van der Waals surface area (Å²) in [5, 5.41) is 0. The molecule has 3 aromatic rings. The average molecular weight is 474 g/mol. The van der Waals surface area contributed by atoms with E-state index in [-0.39, 0.29) is 24.8 Å². The molecule has 0 saturated carbocycles. The quantitative estimate of drug-likeness (QED) is 0.289. The molecule has 3 aromatic carbocycles. The van der Waals surface area contributed by atoms with Crippen LogP contribution in [-0.2, 0) is 26.1 Å². The van der Waals surface area contributed by atoms with Gasteiger partial charge in [-0.1, -0.05) is 30.3 Å². The van der Waals surface area contributed by atoms with E-state index in [1.54, 1.807) is 0 Å². The van der Waals surface area contributed by atoms with Crippen molar-refractivity contribution in [3.8, 4) is 0 Å². The van der Waals surface area contributed by atoms with Crippen molar-refractivity contribution in [2.24, 2.45) is 0 Å². The summed E-state index contributed by atoms with van der Waals surface area (Å²) in [4.78, 5) is 0. The van der Waals surface area contributed by atoms with E-state index in [4.69, 9.17) is 0 Å². The van der Waals surface area contributed by atoms with E-state index in [2.05, 4.69) is 114 Å². The van der Waals surface area contributed by atoms with Gasteiger partial charge in [0.05, 0.1) is 0 Å². The van der Waals surface area contributed by atoms with Crippen LogP contribution in [0.1, 0.15) is 23.1 Å². The summed E-state index contributed by atoms with van der Waals surface area (Å²) >= 11 is 2.16. The number of benzene rings is 3. The van der Waals surface area contributed by atoms with E-state index in [1.165, 1.54) is 20.5 Å². The Hall–Kier alpha value is -1.27. The van der Waals surface area contributed by atoms with Gasteiger partial charge in [-0.2, -0.15) is 6.08 Å². The van der Waals surface area contributed by atoms with Crippen LogP contribution in [0.3, 0.4) is 0 Å². The first-order valence-electron chi connectivity index (χ1n) is 8.96. The Kier molecular flexibility index (Phi) is 16.8. The molecule has 1 unspecified atom stereocenters. The van der Waals surface area contributed by atoms with Gasteiger partial charge in [0.15, 0.2) is 0 Å². The van der Waals surface area contributed by atoms with Crippen LogP contribution in [0.15, 0.2) is 109 Å². The standard InChI is InChI=1S/C13H10.C7H9P.C5H5.2ClH.Ti/c1-3-7-12(8-4-1)11-13-9-5-2-6-10-13;8-6-7-4-2-1-3-5-7;1-2-4-5-3-1;;;/h1-10H;1-5H,6,8H2;1-3H,4H2;2*1H;/q;;-1;;;+2/p-2. The van der Waals surface area contributed by atoms with Gasteiger partial charge in [-0.25, -0.2) is 12.2 Å². The summed E-state index contributed by atoms with van der Waals surface area (Å²) in [6.07, 6.45) is 11.1. The first kappa shape index (κ1) is 27.7. The van der Waals surface area contributed by atoms with E-state index >= 15 is 0 Å². The number of hydrogen-bond donors (Lipinski definition) is 0. The van der Waals surface area contributed by atoms with Gasteiger partial charge in [0.2, 0.25) is 0 Å². The first-order valence-corrected chi connectivity index (χ1v) is 10.6. The van der Waals surface area contributed by atoms with Crippen molar-refractivity contribution < 1.29 is 44.8 Å². The van der Waals surface area contributed by atoms with E-state index in [1.807, 2.05) is 30.4 Å². The molecule has 29 heavy (non-hydrogen) atoms. The normalized spacial score (nSPS) is 10.3. The minimum atomic E-state index is 0. The zero-order valence-corrected chi connectivity index (χ0v) is 20.4. The van der Waals surface area contributed by atoms with Crippen LogP contribution in [0.5, 0.6) is 0 Å². The summed E-state index contributed by atoms with van der Waals surface area (Å²) in [5.41, 5.74) is 3.95. The van der Waals surface area contributed by atoms with Gasteiger partial charge in [0.1, 0.15) is 0 Å². The first-order chi connectivity index (χ1) is 13.3. The molecule has 1 aliphatic carbocycles. The Labute approximate surface area is 201 Å². The van der Waals surface area contributed by atoms with Crippen LogP contribution in [0.4, 0.5) is 0 Å². The summed E-state index contributed by atoms with van der Waals surface area (Å²) in [7, 11) is 2.69. The molecule has 0 aromatic heterocycles. The minimum absolute atomic E-state index is 0. The van der Waals surface area contributed by atoms with Crippen molar-refractivity contribution in [3.05, 3.63) is 132 Å². The van der Waals surface area contributed by atoms with Crippen molar-refractivity contribution in [3.63, 3.8) is 0 Å². The number of rotatable bonds is 3. The Morgan fingerprint density at radius 3 is 1.48 bits per heavy atom. The summed E-state index contributed by atoms with van der Waals surface area (Å²) in [6, 6.07) is 31.3. The van der Waals surface area contributed by atoms with E-state index in [0.29, 0.717) is 0 Å². The molecular weight excluding hydrogens is 450 g/mol. The molecule has 0 aliphatic heterocycles. The van der Waals surface area contributed by atoms with E-state index in [0.717, 1.165) is 12.6 Å². The second-order valence-electron chi connectivity index (χ2n) is 5.80. The second kappa shape index (κ2) is 17.6. The predicted octanol–water partition coefficient (Wildman–Crippen LogP) is 0.178.